The number of carboxylic acids is 1. The van der Waals surface area contributed by atoms with Crippen molar-refractivity contribution in [3.05, 3.63) is 57.0 Å². The Kier molecular flexibility index (Phi) is 4.63. The van der Waals surface area contributed by atoms with E-state index >= 15 is 0 Å². The van der Waals surface area contributed by atoms with Crippen molar-refractivity contribution in [2.75, 3.05) is 0 Å². The Balaban J connectivity index is 2.31. The van der Waals surface area contributed by atoms with E-state index in [0.29, 0.717) is 10.0 Å². The molecule has 0 saturated heterocycles. The zero-order valence-electron chi connectivity index (χ0n) is 9.36. The zero-order valence-corrected chi connectivity index (χ0v) is 12.4. The fourth-order valence-corrected chi connectivity index (χ4v) is 3.13. The molecular weight excluding hydrogens is 327 g/mol. The van der Waals surface area contributed by atoms with Gasteiger partial charge in [0.1, 0.15) is 0 Å². The van der Waals surface area contributed by atoms with Crippen LogP contribution in [0.15, 0.2) is 46.2 Å². The van der Waals surface area contributed by atoms with Gasteiger partial charge in [0.05, 0.1) is 15.6 Å². The normalized spacial score (nSPS) is 10.5. The van der Waals surface area contributed by atoms with E-state index in [0.717, 1.165) is 9.79 Å². The van der Waals surface area contributed by atoms with Crippen LogP contribution in [0.25, 0.3) is 0 Å². The molecule has 0 spiro atoms. The minimum atomic E-state index is -1.05. The molecule has 0 unspecified atom stereocenters. The molecule has 6 heteroatoms. The van der Waals surface area contributed by atoms with E-state index < -0.39 is 5.97 Å². The lowest BCUT2D eigenvalue weighted by atomic mass is 10.2. The summed E-state index contributed by atoms with van der Waals surface area (Å²) in [6.45, 7) is 0. The Hall–Kier alpha value is -0.870. The van der Waals surface area contributed by atoms with Crippen LogP contribution in [0.5, 0.6) is 0 Å². The average molecular weight is 334 g/mol. The van der Waals surface area contributed by atoms with Crippen LogP contribution in [0.4, 0.5) is 0 Å². The summed E-state index contributed by atoms with van der Waals surface area (Å²) < 4.78 is 0. The monoisotopic (exact) mass is 332 g/mol. The highest BCUT2D eigenvalue weighted by atomic mass is 35.5. The fraction of sp³-hybridized carbons (Fsp3) is 0. The SMILES string of the molecule is O=C(O)c1ccc(Sc2cc(Cl)ccc2Cl)cc1Cl. The first-order valence-electron chi connectivity index (χ1n) is 5.13. The van der Waals surface area contributed by atoms with Crippen molar-refractivity contribution in [2.45, 2.75) is 9.79 Å². The summed E-state index contributed by atoms with van der Waals surface area (Å²) in [5.41, 5.74) is 0.0724. The third kappa shape index (κ3) is 3.57. The molecule has 2 rings (SSSR count). The molecule has 0 aromatic heterocycles. The number of benzene rings is 2. The number of hydrogen-bond donors (Lipinski definition) is 1. The second-order valence-corrected chi connectivity index (χ2v) is 5.99. The van der Waals surface area contributed by atoms with Crippen molar-refractivity contribution >= 4 is 52.5 Å². The molecular formula is C13H7Cl3O2S. The van der Waals surface area contributed by atoms with Crippen LogP contribution in [0.1, 0.15) is 10.4 Å². The molecule has 0 heterocycles. The summed E-state index contributed by atoms with van der Waals surface area (Å²) in [5, 5.41) is 10.2. The highest BCUT2D eigenvalue weighted by molar-refractivity contribution is 7.99. The fourth-order valence-electron chi connectivity index (χ4n) is 1.42. The number of rotatable bonds is 3. The van der Waals surface area contributed by atoms with Gasteiger partial charge in [-0.1, -0.05) is 46.6 Å². The minimum Gasteiger partial charge on any atom is -0.478 e. The van der Waals surface area contributed by atoms with Crippen LogP contribution >= 0.6 is 46.6 Å². The first kappa shape index (κ1) is 14.5. The standard InChI is InChI=1S/C13H7Cl3O2S/c14-7-1-4-10(15)12(5-7)19-8-2-3-9(13(17)18)11(16)6-8/h1-6H,(H,17,18). The van der Waals surface area contributed by atoms with Crippen LogP contribution < -0.4 is 0 Å². The Bertz CT molecular complexity index is 644. The predicted molar refractivity (Wildman–Crippen MR) is 79.0 cm³/mol. The van der Waals surface area contributed by atoms with E-state index in [1.807, 2.05) is 0 Å². The van der Waals surface area contributed by atoms with Crippen LogP contribution in [0.2, 0.25) is 15.1 Å². The van der Waals surface area contributed by atoms with E-state index in [-0.39, 0.29) is 10.6 Å². The topological polar surface area (TPSA) is 37.3 Å². The molecule has 0 radical (unpaired) electrons. The first-order chi connectivity index (χ1) is 8.97. The van der Waals surface area contributed by atoms with Gasteiger partial charge in [-0.15, -0.1) is 0 Å². The van der Waals surface area contributed by atoms with Gasteiger partial charge in [-0.2, -0.15) is 0 Å². The highest BCUT2D eigenvalue weighted by Crippen LogP contribution is 2.36. The molecule has 0 aliphatic rings. The maximum atomic E-state index is 10.9. The van der Waals surface area contributed by atoms with Gasteiger partial charge in [-0.25, -0.2) is 4.79 Å². The van der Waals surface area contributed by atoms with Gasteiger partial charge >= 0.3 is 5.97 Å². The van der Waals surface area contributed by atoms with E-state index in [9.17, 15) is 4.79 Å². The van der Waals surface area contributed by atoms with Crippen molar-refractivity contribution in [2.24, 2.45) is 0 Å². The van der Waals surface area contributed by atoms with Gasteiger partial charge in [0, 0.05) is 14.8 Å². The lowest BCUT2D eigenvalue weighted by Gasteiger charge is -2.06. The molecule has 2 nitrogen and oxygen atoms in total. The Labute approximate surface area is 129 Å². The zero-order chi connectivity index (χ0) is 14.0. The van der Waals surface area contributed by atoms with Crippen molar-refractivity contribution in [1.29, 1.82) is 0 Å². The molecule has 2 aromatic carbocycles. The van der Waals surface area contributed by atoms with E-state index in [1.54, 1.807) is 30.3 Å². The molecule has 0 saturated carbocycles. The molecule has 0 bridgehead atoms. The van der Waals surface area contributed by atoms with Crippen LogP contribution in [-0.4, -0.2) is 11.1 Å². The Morgan fingerprint density at radius 1 is 1.00 bits per heavy atom. The summed E-state index contributed by atoms with van der Waals surface area (Å²) in [6, 6.07) is 9.89. The minimum absolute atomic E-state index is 0.0724. The Morgan fingerprint density at radius 3 is 2.37 bits per heavy atom. The summed E-state index contributed by atoms with van der Waals surface area (Å²) >= 11 is 19.2. The molecule has 0 fully saturated rings. The summed E-state index contributed by atoms with van der Waals surface area (Å²) in [6.07, 6.45) is 0. The number of aromatic carboxylic acids is 1. The lowest BCUT2D eigenvalue weighted by Crippen LogP contribution is -1.96. The van der Waals surface area contributed by atoms with E-state index in [1.165, 1.54) is 17.8 Å². The molecule has 0 aliphatic carbocycles. The van der Waals surface area contributed by atoms with Crippen molar-refractivity contribution in [3.63, 3.8) is 0 Å². The molecule has 2 aromatic rings. The van der Waals surface area contributed by atoms with Gasteiger partial charge in [0.2, 0.25) is 0 Å². The van der Waals surface area contributed by atoms with Gasteiger partial charge in [-0.05, 0) is 36.4 Å². The van der Waals surface area contributed by atoms with Gasteiger partial charge in [0.25, 0.3) is 0 Å². The van der Waals surface area contributed by atoms with Crippen molar-refractivity contribution in [1.82, 2.24) is 0 Å². The second kappa shape index (κ2) is 6.06. The molecule has 0 amide bonds. The second-order valence-electron chi connectivity index (χ2n) is 3.62. The number of halogens is 3. The van der Waals surface area contributed by atoms with Crippen molar-refractivity contribution in [3.8, 4) is 0 Å². The summed E-state index contributed by atoms with van der Waals surface area (Å²) in [4.78, 5) is 12.4. The van der Waals surface area contributed by atoms with E-state index in [4.69, 9.17) is 39.9 Å². The largest absolute Gasteiger partial charge is 0.478 e. The Morgan fingerprint density at radius 2 is 1.74 bits per heavy atom. The molecule has 0 atom stereocenters. The van der Waals surface area contributed by atoms with Gasteiger partial charge in [-0.3, -0.25) is 0 Å². The average Bonchev–Trinajstić information content (AvgIpc) is 2.33. The highest BCUT2D eigenvalue weighted by Gasteiger charge is 2.10. The van der Waals surface area contributed by atoms with Crippen molar-refractivity contribution < 1.29 is 9.90 Å². The van der Waals surface area contributed by atoms with Crippen LogP contribution in [0, 0.1) is 0 Å². The smallest absolute Gasteiger partial charge is 0.337 e. The predicted octanol–water partition coefficient (Wildman–Crippen LogP) is 5.50. The van der Waals surface area contributed by atoms with Crippen LogP contribution in [-0.2, 0) is 0 Å². The van der Waals surface area contributed by atoms with Gasteiger partial charge < -0.3 is 5.11 Å². The summed E-state index contributed by atoms with van der Waals surface area (Å²) in [7, 11) is 0. The molecule has 19 heavy (non-hydrogen) atoms. The van der Waals surface area contributed by atoms with Gasteiger partial charge in [0.15, 0.2) is 0 Å². The van der Waals surface area contributed by atoms with E-state index in [2.05, 4.69) is 0 Å². The maximum absolute atomic E-state index is 10.9. The maximum Gasteiger partial charge on any atom is 0.337 e. The quantitative estimate of drug-likeness (QED) is 0.806. The first-order valence-corrected chi connectivity index (χ1v) is 7.08. The number of hydrogen-bond acceptors (Lipinski definition) is 2. The lowest BCUT2D eigenvalue weighted by molar-refractivity contribution is 0.0697. The number of carboxylic acid groups (broad SMARTS) is 1. The third-order valence-corrected chi connectivity index (χ3v) is 4.33. The van der Waals surface area contributed by atoms with Crippen LogP contribution in [0.3, 0.4) is 0 Å². The third-order valence-electron chi connectivity index (χ3n) is 2.29. The molecule has 0 aliphatic heterocycles. The number of carbonyl (C=O) groups is 1. The molecule has 98 valence electrons. The summed E-state index contributed by atoms with van der Waals surface area (Å²) in [5.74, 6) is -1.05. The molecule has 1 N–H and O–H groups in total.